The van der Waals surface area contributed by atoms with E-state index in [2.05, 4.69) is 37.7 Å². The van der Waals surface area contributed by atoms with E-state index in [0.717, 1.165) is 38.5 Å². The van der Waals surface area contributed by atoms with E-state index >= 15 is 0 Å². The average Bonchev–Trinajstić information content (AvgIpc) is 3.14. The predicted octanol–water partition coefficient (Wildman–Crippen LogP) is 5.32. The van der Waals surface area contributed by atoms with Crippen LogP contribution in [0.5, 0.6) is 0 Å². The number of allylic oxidation sites excluding steroid dienone is 5. The number of cyclic esters (lactones) is 2. The zero-order valence-electron chi connectivity index (χ0n) is 18.9. The molecule has 1 unspecified atom stereocenters. The molecule has 2 heterocycles. The Morgan fingerprint density at radius 3 is 2.42 bits per heavy atom. The number of carbonyl (C=O) groups is 2. The monoisotopic (exact) mass is 430 g/mol. The molecule has 0 aromatic rings. The molecule has 0 spiro atoms. The summed E-state index contributed by atoms with van der Waals surface area (Å²) in [6, 6.07) is 0. The molecule has 2 atom stereocenters. The molecule has 2 N–H and O–H groups in total. The topological polar surface area (TPSA) is 93.1 Å². The Kier molecular flexibility index (Phi) is 9.31. The van der Waals surface area contributed by atoms with Gasteiger partial charge in [-0.3, -0.25) is 0 Å². The minimum absolute atomic E-state index is 0.0474. The smallest absolute Gasteiger partial charge is 0.343 e. The van der Waals surface area contributed by atoms with E-state index in [0.29, 0.717) is 12.0 Å². The molecule has 6 heteroatoms. The van der Waals surface area contributed by atoms with Crippen LogP contribution in [0.25, 0.3) is 0 Å². The second kappa shape index (κ2) is 11.7. The summed E-state index contributed by atoms with van der Waals surface area (Å²) in [6.07, 6.45) is 12.9. The number of aliphatic hydroxyl groups excluding tert-OH is 2. The van der Waals surface area contributed by atoms with Gasteiger partial charge in [-0.2, -0.15) is 0 Å². The van der Waals surface area contributed by atoms with Crippen LogP contribution in [0.15, 0.2) is 58.1 Å². The highest BCUT2D eigenvalue weighted by molar-refractivity contribution is 5.93. The number of esters is 2. The first-order valence-corrected chi connectivity index (χ1v) is 10.9. The van der Waals surface area contributed by atoms with Crippen molar-refractivity contribution in [1.82, 2.24) is 0 Å². The molecule has 6 nitrogen and oxygen atoms in total. The van der Waals surface area contributed by atoms with Gasteiger partial charge in [-0.05, 0) is 83.8 Å². The van der Waals surface area contributed by atoms with E-state index in [-0.39, 0.29) is 23.0 Å². The second-order valence-corrected chi connectivity index (χ2v) is 8.43. The molecule has 2 aliphatic heterocycles. The molecule has 0 fully saturated rings. The molecule has 0 bridgehead atoms. The third-order valence-corrected chi connectivity index (χ3v) is 5.54. The van der Waals surface area contributed by atoms with E-state index in [1.807, 2.05) is 6.08 Å². The van der Waals surface area contributed by atoms with E-state index in [9.17, 15) is 19.8 Å². The lowest BCUT2D eigenvalue weighted by atomic mass is 9.99. The van der Waals surface area contributed by atoms with Crippen LogP contribution in [0.4, 0.5) is 0 Å². The molecular formula is C25H34O6. The van der Waals surface area contributed by atoms with Gasteiger partial charge in [-0.15, -0.1) is 0 Å². The Morgan fingerprint density at radius 2 is 1.81 bits per heavy atom. The minimum atomic E-state index is -1.09. The second-order valence-electron chi connectivity index (χ2n) is 8.43. The fourth-order valence-electron chi connectivity index (χ4n) is 3.53. The standard InChI is InChI=1S/C25H34O6/c1-16(10-6-12-18(3)14-21-23(27)19(4)24(28)30-21)8-5-9-17(2)11-7-13-20-15-22(26)31-25(20)29/h8,11,14-15,18,22,26-27H,5-7,9-10,12-13H2,1-4H3/b16-8?,17-11+,21-14-/t18-,22?/m1/s1. The van der Waals surface area contributed by atoms with Crippen molar-refractivity contribution in [2.24, 2.45) is 5.92 Å². The molecule has 2 aliphatic rings. The van der Waals surface area contributed by atoms with Gasteiger partial charge in [0.15, 0.2) is 11.5 Å². The Balaban J connectivity index is 1.64. The van der Waals surface area contributed by atoms with Crippen molar-refractivity contribution in [2.45, 2.75) is 78.9 Å². The normalized spacial score (nSPS) is 22.2. The van der Waals surface area contributed by atoms with Crippen LogP contribution in [0.3, 0.4) is 0 Å². The first-order chi connectivity index (χ1) is 14.7. The van der Waals surface area contributed by atoms with Gasteiger partial charge in [-0.25, -0.2) is 9.59 Å². The minimum Gasteiger partial charge on any atom is -0.504 e. The number of ether oxygens (including phenoxy) is 2. The zero-order valence-corrected chi connectivity index (χ0v) is 18.9. The van der Waals surface area contributed by atoms with Crippen LogP contribution in [0, 0.1) is 5.92 Å². The van der Waals surface area contributed by atoms with Gasteiger partial charge in [0.05, 0.1) is 5.57 Å². The van der Waals surface area contributed by atoms with E-state index in [1.165, 1.54) is 17.2 Å². The van der Waals surface area contributed by atoms with E-state index in [1.54, 1.807) is 6.92 Å². The summed E-state index contributed by atoms with van der Waals surface area (Å²) in [5.41, 5.74) is 3.44. The Morgan fingerprint density at radius 1 is 1.13 bits per heavy atom. The van der Waals surface area contributed by atoms with Crippen molar-refractivity contribution in [3.05, 3.63) is 58.1 Å². The van der Waals surface area contributed by atoms with Gasteiger partial charge >= 0.3 is 11.9 Å². The van der Waals surface area contributed by atoms with Crippen molar-refractivity contribution < 1.29 is 29.3 Å². The molecule has 0 radical (unpaired) electrons. The van der Waals surface area contributed by atoms with Gasteiger partial charge in [0.1, 0.15) is 0 Å². The van der Waals surface area contributed by atoms with Crippen LogP contribution < -0.4 is 0 Å². The molecule has 0 saturated carbocycles. The highest BCUT2D eigenvalue weighted by Crippen LogP contribution is 2.26. The lowest BCUT2D eigenvalue weighted by Gasteiger charge is -2.08. The van der Waals surface area contributed by atoms with E-state index in [4.69, 9.17) is 4.74 Å². The Labute approximate surface area is 184 Å². The molecule has 0 aromatic heterocycles. The number of aliphatic hydroxyl groups is 2. The van der Waals surface area contributed by atoms with Gasteiger partial charge in [0.25, 0.3) is 0 Å². The molecule has 0 aromatic carbocycles. The van der Waals surface area contributed by atoms with E-state index < -0.39 is 18.2 Å². The third kappa shape index (κ3) is 7.87. The summed E-state index contributed by atoms with van der Waals surface area (Å²) in [7, 11) is 0. The summed E-state index contributed by atoms with van der Waals surface area (Å²) >= 11 is 0. The summed E-state index contributed by atoms with van der Waals surface area (Å²) in [5.74, 6) is -0.455. The first kappa shape index (κ1) is 24.7. The van der Waals surface area contributed by atoms with Gasteiger partial charge < -0.3 is 19.7 Å². The first-order valence-electron chi connectivity index (χ1n) is 10.9. The SMILES string of the molecule is CC(=CCC/C(C)=C/CCC1=CC(O)OC1=O)CCC[C@@H](C)/C=C1\OC(=O)C(C)=C1O. The molecule has 0 aliphatic carbocycles. The number of hydrogen-bond donors (Lipinski definition) is 2. The summed E-state index contributed by atoms with van der Waals surface area (Å²) in [4.78, 5) is 22.9. The average molecular weight is 431 g/mol. The maximum Gasteiger partial charge on any atom is 0.343 e. The molecule has 2 rings (SSSR count). The number of hydrogen-bond acceptors (Lipinski definition) is 6. The molecule has 170 valence electrons. The van der Waals surface area contributed by atoms with Crippen molar-refractivity contribution in [2.75, 3.05) is 0 Å². The van der Waals surface area contributed by atoms with Gasteiger partial charge in [0.2, 0.25) is 6.29 Å². The van der Waals surface area contributed by atoms with Crippen LogP contribution in [0.2, 0.25) is 0 Å². The highest BCUT2D eigenvalue weighted by atomic mass is 16.6. The fourth-order valence-corrected chi connectivity index (χ4v) is 3.53. The molecule has 31 heavy (non-hydrogen) atoms. The largest absolute Gasteiger partial charge is 0.504 e. The van der Waals surface area contributed by atoms with Gasteiger partial charge in [0, 0.05) is 5.57 Å². The van der Waals surface area contributed by atoms with Crippen molar-refractivity contribution >= 4 is 11.9 Å². The Bertz CT molecular complexity index is 840. The number of carbonyl (C=O) groups excluding carboxylic acids is 2. The van der Waals surface area contributed by atoms with Crippen LogP contribution in [0.1, 0.15) is 72.6 Å². The van der Waals surface area contributed by atoms with Gasteiger partial charge in [-0.1, -0.05) is 30.2 Å². The predicted molar refractivity (Wildman–Crippen MR) is 119 cm³/mol. The summed E-state index contributed by atoms with van der Waals surface area (Å²) < 4.78 is 9.75. The zero-order chi connectivity index (χ0) is 23.0. The van der Waals surface area contributed by atoms with Crippen LogP contribution in [-0.2, 0) is 19.1 Å². The molecule has 0 amide bonds. The lowest BCUT2D eigenvalue weighted by Crippen LogP contribution is -2.06. The van der Waals surface area contributed by atoms with Crippen LogP contribution >= 0.6 is 0 Å². The Hall–Kier alpha value is -2.60. The summed E-state index contributed by atoms with van der Waals surface area (Å²) in [6.45, 7) is 7.85. The maximum absolute atomic E-state index is 11.4. The third-order valence-electron chi connectivity index (χ3n) is 5.54. The quantitative estimate of drug-likeness (QED) is 0.340. The fraction of sp³-hybridized carbons (Fsp3) is 0.520. The molecular weight excluding hydrogens is 396 g/mol. The van der Waals surface area contributed by atoms with Crippen molar-refractivity contribution in [1.29, 1.82) is 0 Å². The van der Waals surface area contributed by atoms with Crippen molar-refractivity contribution in [3.8, 4) is 0 Å². The maximum atomic E-state index is 11.4. The van der Waals surface area contributed by atoms with Crippen molar-refractivity contribution in [3.63, 3.8) is 0 Å². The van der Waals surface area contributed by atoms with Crippen LogP contribution in [-0.4, -0.2) is 28.4 Å². The lowest BCUT2D eigenvalue weighted by molar-refractivity contribution is -0.151. The highest BCUT2D eigenvalue weighted by Gasteiger charge is 2.26. The number of rotatable bonds is 11. The summed E-state index contributed by atoms with van der Waals surface area (Å²) in [5, 5.41) is 19.1. The molecule has 0 saturated heterocycles.